The molecule has 18 atom stereocenters. The predicted octanol–water partition coefficient (Wildman–Crippen LogP) is 6.16. The number of hydrogen-bond acceptors (Lipinski definition) is 18. The molecule has 422 valence electrons. The number of hydrogen-bond donors (Lipinski definition) is 5. The molecule has 0 aromatic heterocycles. The van der Waals surface area contributed by atoms with E-state index in [9.17, 15) is 24.5 Å². The number of carbonyl (C=O) groups is 1. The Labute approximate surface area is 441 Å². The zero-order chi connectivity index (χ0) is 54.6. The third kappa shape index (κ3) is 17.4. The van der Waals surface area contributed by atoms with Crippen LogP contribution in [-0.4, -0.2) is 188 Å². The zero-order valence-corrected chi connectivity index (χ0v) is 47.6. The lowest BCUT2D eigenvalue weighted by Gasteiger charge is -2.47. The SMILES string of the molecule is CC[C@H]1OC(=O)[C@H](C)[C@@H](O[C@H]2C[C@@](C)(OC)C[C@H](C)O2)[C@H](C)[C@@H](O[C@H]2C[C@@H](N(C)CC/C(N)=C/N(N)[C@H](CF)[C@H](OC)c3ccc(SCCOC)cc3)C[C@@H](C)O2)[C@](C)(O)C[C@@H](C)CN(C)[C@H](C)[C@@H](O)[C@]1(C)O. The molecule has 0 radical (unpaired) electrons. The molecule has 3 saturated heterocycles. The summed E-state index contributed by atoms with van der Waals surface area (Å²) < 4.78 is 64.7. The number of carbonyl (C=O) groups excluding carboxylic acids is 1. The first-order chi connectivity index (χ1) is 34.2. The molecule has 17 nitrogen and oxygen atoms in total. The van der Waals surface area contributed by atoms with Gasteiger partial charge >= 0.3 is 5.97 Å². The standard InChI is InChI=1S/C54H96FN5O12S/c1-16-44-54(10,64)49(61)38(7)59(12)31-33(2)27-53(9,63)50(36(5)47(37(6)51(62)70-44)71-46-29-52(8,67-15)28-35(4)69-46)72-45-26-41(25-34(3)68-45)58(11)22-21-40(56)32-60(57)43(30-55)48(66-14)39-17-19-42(20-18-39)73-24-23-65-13/h17-20,32-38,41,43-50,61,63-64H,16,21-31,56-57H2,1-15H3/b40-32-/t33-,34-,35+,36+,37-,38-,41+,43-,44-,45+,46+,47+,48-,49-,50-,52+,53-,54-/m1/s1. The number of nitrogens with zero attached hydrogens (tertiary/aromatic N) is 3. The van der Waals surface area contributed by atoms with Gasteiger partial charge in [-0.15, -0.1) is 11.8 Å². The van der Waals surface area contributed by atoms with Crippen molar-refractivity contribution in [2.24, 2.45) is 29.3 Å². The number of hydrazine groups is 1. The van der Waals surface area contributed by atoms with E-state index < -0.39 is 96.5 Å². The number of aliphatic hydroxyl groups excluding tert-OH is 1. The molecule has 0 bridgehead atoms. The summed E-state index contributed by atoms with van der Waals surface area (Å²) in [5.41, 5.74) is 4.00. The molecule has 3 heterocycles. The molecule has 0 unspecified atom stereocenters. The van der Waals surface area contributed by atoms with Crippen molar-refractivity contribution in [3.8, 4) is 0 Å². The lowest BCUT2D eigenvalue weighted by Crippen LogP contribution is -2.59. The van der Waals surface area contributed by atoms with Gasteiger partial charge in [0.15, 0.2) is 12.6 Å². The second-order valence-electron chi connectivity index (χ2n) is 22.3. The molecule has 0 spiro atoms. The van der Waals surface area contributed by atoms with Gasteiger partial charge in [0, 0.05) is 101 Å². The first-order valence-corrected chi connectivity index (χ1v) is 27.4. The van der Waals surface area contributed by atoms with Crippen LogP contribution in [0.4, 0.5) is 4.39 Å². The molecule has 19 heteroatoms. The van der Waals surface area contributed by atoms with Gasteiger partial charge in [0.25, 0.3) is 0 Å². The van der Waals surface area contributed by atoms with E-state index in [0.29, 0.717) is 57.5 Å². The van der Waals surface area contributed by atoms with Crippen molar-refractivity contribution in [1.29, 1.82) is 0 Å². The summed E-state index contributed by atoms with van der Waals surface area (Å²) in [4.78, 5) is 19.7. The van der Waals surface area contributed by atoms with E-state index in [2.05, 4.69) is 4.90 Å². The van der Waals surface area contributed by atoms with Crippen molar-refractivity contribution < 1.29 is 62.4 Å². The van der Waals surface area contributed by atoms with E-state index in [-0.39, 0.29) is 37.0 Å². The Morgan fingerprint density at radius 2 is 1.64 bits per heavy atom. The highest BCUT2D eigenvalue weighted by Gasteiger charge is 2.51. The average molecular weight is 1060 g/mol. The number of cyclic esters (lactones) is 1. The van der Waals surface area contributed by atoms with Gasteiger partial charge < -0.3 is 73.8 Å². The number of aliphatic hydroxyl groups is 3. The average Bonchev–Trinajstić information content (AvgIpc) is 3.33. The molecule has 73 heavy (non-hydrogen) atoms. The number of benzene rings is 1. The summed E-state index contributed by atoms with van der Waals surface area (Å²) in [5.74, 6) is 4.94. The van der Waals surface area contributed by atoms with Gasteiger partial charge in [0.1, 0.15) is 36.6 Å². The summed E-state index contributed by atoms with van der Waals surface area (Å²) in [6.07, 6.45) is -2.12. The van der Waals surface area contributed by atoms with Gasteiger partial charge in [0.05, 0.1) is 48.1 Å². The van der Waals surface area contributed by atoms with Crippen LogP contribution in [0.25, 0.3) is 0 Å². The Hall–Kier alpha value is -2.21. The summed E-state index contributed by atoms with van der Waals surface area (Å²) in [5, 5.41) is 37.7. The fourth-order valence-electron chi connectivity index (χ4n) is 11.3. The van der Waals surface area contributed by atoms with E-state index in [1.807, 2.05) is 84.8 Å². The highest BCUT2D eigenvalue weighted by molar-refractivity contribution is 7.99. The van der Waals surface area contributed by atoms with Crippen molar-refractivity contribution in [1.82, 2.24) is 14.8 Å². The molecule has 7 N–H and O–H groups in total. The van der Waals surface area contributed by atoms with Crippen LogP contribution < -0.4 is 11.6 Å². The van der Waals surface area contributed by atoms with Crippen LogP contribution in [0.5, 0.6) is 0 Å². The van der Waals surface area contributed by atoms with Gasteiger partial charge in [0.2, 0.25) is 0 Å². The first kappa shape index (κ1) is 63.3. The maximum Gasteiger partial charge on any atom is 0.311 e. The number of nitrogens with two attached hydrogens (primary N) is 2. The number of thioether (sulfide) groups is 1. The highest BCUT2D eigenvalue weighted by Crippen LogP contribution is 2.40. The minimum absolute atomic E-state index is 0.0193. The Morgan fingerprint density at radius 3 is 2.25 bits per heavy atom. The Balaban J connectivity index is 1.61. The number of rotatable bonds is 20. The van der Waals surface area contributed by atoms with E-state index in [1.54, 1.807) is 53.0 Å². The number of likely N-dealkylation sites (N-methyl/N-ethyl adjacent to an activating group) is 1. The van der Waals surface area contributed by atoms with E-state index in [0.717, 1.165) is 16.2 Å². The molecule has 1 aromatic carbocycles. The third-order valence-corrected chi connectivity index (χ3v) is 16.7. The van der Waals surface area contributed by atoms with Crippen LogP contribution in [0.3, 0.4) is 0 Å². The Kier molecular flexibility index (Phi) is 24.7. The van der Waals surface area contributed by atoms with Crippen LogP contribution >= 0.6 is 11.8 Å². The number of alkyl halides is 1. The first-order valence-electron chi connectivity index (χ1n) is 26.4. The van der Waals surface area contributed by atoms with Crippen LogP contribution in [-0.2, 0) is 42.7 Å². The zero-order valence-electron chi connectivity index (χ0n) is 46.8. The Bertz CT molecular complexity index is 1840. The molecule has 0 amide bonds. The third-order valence-electron chi connectivity index (χ3n) is 15.7. The smallest absolute Gasteiger partial charge is 0.311 e. The predicted molar refractivity (Wildman–Crippen MR) is 282 cm³/mol. The topological polar surface area (TPSA) is 213 Å². The second kappa shape index (κ2) is 28.4. The number of halogens is 1. The molecule has 1 aromatic rings. The fraction of sp³-hybridized carbons (Fsp3) is 0.833. The maximum atomic E-state index is 14.7. The van der Waals surface area contributed by atoms with Gasteiger partial charge in [-0.25, -0.2) is 10.2 Å². The molecule has 3 aliphatic heterocycles. The van der Waals surface area contributed by atoms with E-state index in [1.165, 1.54) is 19.0 Å². The van der Waals surface area contributed by atoms with E-state index >= 15 is 0 Å². The van der Waals surface area contributed by atoms with Crippen LogP contribution in [0, 0.1) is 17.8 Å². The van der Waals surface area contributed by atoms with Crippen LogP contribution in [0.2, 0.25) is 0 Å². The minimum atomic E-state index is -1.79. The van der Waals surface area contributed by atoms with Crippen molar-refractivity contribution in [3.63, 3.8) is 0 Å². The van der Waals surface area contributed by atoms with Gasteiger partial charge in [-0.1, -0.05) is 32.9 Å². The van der Waals surface area contributed by atoms with Gasteiger partial charge in [-0.2, -0.15) is 0 Å². The summed E-state index contributed by atoms with van der Waals surface area (Å²) in [6, 6.07) is 6.43. The monoisotopic (exact) mass is 1060 g/mol. The number of methoxy groups -OCH3 is 3. The fourth-order valence-corrected chi connectivity index (χ4v) is 12.2. The van der Waals surface area contributed by atoms with Crippen molar-refractivity contribution in [3.05, 3.63) is 41.7 Å². The van der Waals surface area contributed by atoms with Gasteiger partial charge in [-0.05, 0) is 105 Å². The van der Waals surface area contributed by atoms with Crippen LogP contribution in [0.15, 0.2) is 41.1 Å². The molecule has 3 fully saturated rings. The largest absolute Gasteiger partial charge is 0.459 e. The van der Waals surface area contributed by atoms with Crippen molar-refractivity contribution >= 4 is 17.7 Å². The van der Waals surface area contributed by atoms with Crippen LogP contribution in [0.1, 0.15) is 126 Å². The maximum absolute atomic E-state index is 14.7. The molecule has 0 aliphatic carbocycles. The summed E-state index contributed by atoms with van der Waals surface area (Å²) in [7, 11) is 8.77. The normalized spacial score (nSPS) is 37.8. The highest BCUT2D eigenvalue weighted by atomic mass is 32.2. The van der Waals surface area contributed by atoms with Gasteiger partial charge in [-0.3, -0.25) is 4.79 Å². The minimum Gasteiger partial charge on any atom is -0.459 e. The molecule has 3 aliphatic rings. The number of esters is 1. The molecule has 0 saturated carbocycles. The summed E-state index contributed by atoms with van der Waals surface area (Å²) >= 11 is 1.67. The van der Waals surface area contributed by atoms with Crippen molar-refractivity contribution in [2.45, 2.75) is 209 Å². The number of ether oxygens (including phenoxy) is 8. The molecule has 4 rings (SSSR count). The quantitative estimate of drug-likeness (QED) is 0.0325. The molecular formula is C54H96FN5O12S. The molecular weight excluding hydrogens is 962 g/mol. The lowest BCUT2D eigenvalue weighted by atomic mass is 9.77. The van der Waals surface area contributed by atoms with E-state index in [4.69, 9.17) is 49.5 Å². The van der Waals surface area contributed by atoms with Crippen molar-refractivity contribution in [2.75, 3.05) is 67.5 Å². The Morgan fingerprint density at radius 1 is 0.986 bits per heavy atom. The lowest BCUT2D eigenvalue weighted by molar-refractivity contribution is -0.292. The second-order valence-corrected chi connectivity index (χ2v) is 23.4. The summed E-state index contributed by atoms with van der Waals surface area (Å²) in [6.45, 7) is 19.4.